The summed E-state index contributed by atoms with van der Waals surface area (Å²) >= 11 is 0. The van der Waals surface area contributed by atoms with Crippen molar-refractivity contribution in [1.29, 1.82) is 0 Å². The Labute approximate surface area is 263 Å². The molecule has 0 heterocycles. The molecule has 12 nitrogen and oxygen atoms in total. The minimum Gasteiger partial charge on any atom is -0.480 e. The van der Waals surface area contributed by atoms with E-state index in [1.165, 1.54) is 6.92 Å². The van der Waals surface area contributed by atoms with Crippen LogP contribution in [0.5, 0.6) is 0 Å². The highest BCUT2D eigenvalue weighted by Gasteiger charge is 2.37. The smallest absolute Gasteiger partial charge is 0.408 e. The number of hydrogen-bond donors (Lipinski definition) is 5. The Balaban J connectivity index is 2.25. The van der Waals surface area contributed by atoms with E-state index in [1.54, 1.807) is 42.5 Å². The number of hydrogen-bond acceptors (Lipinski definition) is 8. The van der Waals surface area contributed by atoms with Gasteiger partial charge in [-0.1, -0.05) is 88.4 Å². The number of benzene rings is 2. The molecule has 2 rings (SSSR count). The largest absolute Gasteiger partial charge is 0.480 e. The zero-order valence-corrected chi connectivity index (χ0v) is 26.4. The summed E-state index contributed by atoms with van der Waals surface area (Å²) in [6.07, 6.45) is -1.84. The summed E-state index contributed by atoms with van der Waals surface area (Å²) in [5.41, 5.74) is 1.08. The average molecular weight is 628 g/mol. The molecule has 12 heteroatoms. The summed E-state index contributed by atoms with van der Waals surface area (Å²) in [5, 5.41) is 27.2. The third kappa shape index (κ3) is 12.6. The van der Waals surface area contributed by atoms with Crippen molar-refractivity contribution >= 4 is 29.8 Å². The molecule has 0 fully saturated rings. The number of ether oxygens (including phenoxy) is 2. The number of esters is 1. The maximum Gasteiger partial charge on any atom is 0.408 e. The molecule has 5 atom stereocenters. The maximum atomic E-state index is 13.6. The Bertz CT molecular complexity index is 1250. The summed E-state index contributed by atoms with van der Waals surface area (Å²) < 4.78 is 10.8. The molecule has 2 aromatic carbocycles. The molecule has 246 valence electrons. The summed E-state index contributed by atoms with van der Waals surface area (Å²) in [6, 6.07) is 13.1. The highest BCUT2D eigenvalue weighted by atomic mass is 16.6. The number of rotatable bonds is 17. The number of amides is 3. The van der Waals surface area contributed by atoms with Gasteiger partial charge in [-0.25, -0.2) is 9.59 Å². The van der Waals surface area contributed by atoms with Crippen molar-refractivity contribution in [1.82, 2.24) is 16.0 Å². The van der Waals surface area contributed by atoms with Crippen molar-refractivity contribution in [2.75, 3.05) is 6.61 Å². The fraction of sp³-hybridized carbons (Fsp3) is 0.485. The van der Waals surface area contributed by atoms with Crippen LogP contribution in [0.1, 0.15) is 64.7 Å². The molecule has 0 saturated heterocycles. The third-order valence-corrected chi connectivity index (χ3v) is 6.78. The second kappa shape index (κ2) is 18.4. The van der Waals surface area contributed by atoms with Crippen LogP contribution in [-0.2, 0) is 35.3 Å². The summed E-state index contributed by atoms with van der Waals surface area (Å²) in [7, 11) is 0. The van der Waals surface area contributed by atoms with Crippen LogP contribution in [0.3, 0.4) is 0 Å². The highest BCUT2D eigenvalue weighted by Crippen LogP contribution is 2.24. The van der Waals surface area contributed by atoms with Crippen LogP contribution in [0.15, 0.2) is 60.7 Å². The minimum absolute atomic E-state index is 0.00187. The molecule has 3 amide bonds. The monoisotopic (exact) mass is 627 g/mol. The van der Waals surface area contributed by atoms with Crippen molar-refractivity contribution in [3.05, 3.63) is 71.8 Å². The van der Waals surface area contributed by atoms with Crippen LogP contribution in [-0.4, -0.2) is 64.8 Å². The third-order valence-electron chi connectivity index (χ3n) is 6.78. The second-order valence-electron chi connectivity index (χ2n) is 11.8. The molecule has 45 heavy (non-hydrogen) atoms. The van der Waals surface area contributed by atoms with Crippen LogP contribution < -0.4 is 16.0 Å². The van der Waals surface area contributed by atoms with Crippen LogP contribution >= 0.6 is 0 Å². The van der Waals surface area contributed by atoms with Gasteiger partial charge in [0.15, 0.2) is 12.1 Å². The number of aliphatic hydroxyl groups excluding tert-OH is 1. The predicted octanol–water partition coefficient (Wildman–Crippen LogP) is 3.34. The first-order valence-corrected chi connectivity index (χ1v) is 15.0. The van der Waals surface area contributed by atoms with Gasteiger partial charge in [-0.05, 0) is 42.7 Å². The molecule has 5 N–H and O–H groups in total. The Morgan fingerprint density at radius 1 is 0.733 bits per heavy atom. The van der Waals surface area contributed by atoms with Gasteiger partial charge in [0.1, 0.15) is 18.7 Å². The van der Waals surface area contributed by atoms with Gasteiger partial charge in [0.2, 0.25) is 11.8 Å². The zero-order chi connectivity index (χ0) is 33.5. The summed E-state index contributed by atoms with van der Waals surface area (Å²) in [4.78, 5) is 64.6. The Kier molecular flexibility index (Phi) is 15.0. The van der Waals surface area contributed by atoms with Gasteiger partial charge >= 0.3 is 18.0 Å². The standard InChI is InChI=1S/C33H45N3O9/c1-20(2)16-25(34-29(38)26(17-21(3)4)35-33(43)44-19-23-12-8-6-9-13-23)30(39)36-27(31(40)41)28(24-14-10-7-11-15-24)45-32(42)22(5)18-37/h6-15,20-22,25-28,37H,16-19H2,1-5H3,(H,34,38)(H,35,43)(H,36,39)(H,40,41)/t22?,25-,26+,27-,28+/m0/s1. The Morgan fingerprint density at radius 3 is 1.76 bits per heavy atom. The first kappa shape index (κ1) is 36.7. The lowest BCUT2D eigenvalue weighted by Gasteiger charge is -2.29. The van der Waals surface area contributed by atoms with Crippen LogP contribution in [0, 0.1) is 17.8 Å². The molecular weight excluding hydrogens is 582 g/mol. The number of carbonyl (C=O) groups excluding carboxylic acids is 4. The van der Waals surface area contributed by atoms with Crippen LogP contribution in [0.2, 0.25) is 0 Å². The van der Waals surface area contributed by atoms with Crippen molar-refractivity contribution < 1.29 is 43.7 Å². The fourth-order valence-corrected chi connectivity index (χ4v) is 4.39. The molecule has 0 aliphatic rings. The number of carboxylic acids is 1. The quantitative estimate of drug-likeness (QED) is 0.164. The minimum atomic E-state index is -1.72. The van der Waals surface area contributed by atoms with Gasteiger partial charge in [-0.15, -0.1) is 0 Å². The molecule has 0 aliphatic carbocycles. The van der Waals surface area contributed by atoms with Gasteiger partial charge in [0, 0.05) is 0 Å². The average Bonchev–Trinajstić information content (AvgIpc) is 3.00. The van der Waals surface area contributed by atoms with E-state index in [4.69, 9.17) is 9.47 Å². The van der Waals surface area contributed by atoms with E-state index >= 15 is 0 Å². The lowest BCUT2D eigenvalue weighted by atomic mass is 9.98. The van der Waals surface area contributed by atoms with E-state index in [0.29, 0.717) is 5.56 Å². The summed E-state index contributed by atoms with van der Waals surface area (Å²) in [5.74, 6) is -4.81. The molecule has 2 aromatic rings. The number of nitrogens with one attached hydrogen (secondary N) is 3. The van der Waals surface area contributed by atoms with Crippen molar-refractivity contribution in [3.8, 4) is 0 Å². The first-order chi connectivity index (χ1) is 21.3. The van der Waals surface area contributed by atoms with Crippen molar-refractivity contribution in [3.63, 3.8) is 0 Å². The van der Waals surface area contributed by atoms with E-state index in [9.17, 15) is 34.2 Å². The first-order valence-electron chi connectivity index (χ1n) is 15.0. The van der Waals surface area contributed by atoms with Crippen LogP contribution in [0.4, 0.5) is 4.79 Å². The molecule has 0 saturated carbocycles. The van der Waals surface area contributed by atoms with Crippen molar-refractivity contribution in [2.24, 2.45) is 17.8 Å². The molecule has 1 unspecified atom stereocenters. The van der Waals surface area contributed by atoms with E-state index in [1.807, 2.05) is 45.9 Å². The second-order valence-corrected chi connectivity index (χ2v) is 11.8. The molecule has 0 bridgehead atoms. The zero-order valence-electron chi connectivity index (χ0n) is 26.4. The van der Waals surface area contributed by atoms with Gasteiger partial charge in [0.05, 0.1) is 12.5 Å². The lowest BCUT2D eigenvalue weighted by molar-refractivity contribution is -0.162. The number of carbonyl (C=O) groups is 5. The normalized spacial score (nSPS) is 14.4. The van der Waals surface area contributed by atoms with Gasteiger partial charge in [-0.3, -0.25) is 14.4 Å². The topological polar surface area (TPSA) is 180 Å². The fourth-order valence-electron chi connectivity index (χ4n) is 4.39. The van der Waals surface area contributed by atoms with E-state index in [-0.39, 0.29) is 31.3 Å². The van der Waals surface area contributed by atoms with Gasteiger partial charge < -0.3 is 35.6 Å². The molecule has 0 aliphatic heterocycles. The summed E-state index contributed by atoms with van der Waals surface area (Å²) in [6.45, 7) is 8.31. The lowest BCUT2D eigenvalue weighted by Crippen LogP contribution is -2.57. The Morgan fingerprint density at radius 2 is 1.24 bits per heavy atom. The Hall–Kier alpha value is -4.45. The van der Waals surface area contributed by atoms with E-state index < -0.39 is 66.6 Å². The van der Waals surface area contributed by atoms with Crippen molar-refractivity contribution in [2.45, 2.75) is 78.3 Å². The number of aliphatic carboxylic acids is 1. The number of alkyl carbamates (subject to hydrolysis) is 1. The van der Waals surface area contributed by atoms with E-state index in [0.717, 1.165) is 5.56 Å². The van der Waals surface area contributed by atoms with E-state index in [2.05, 4.69) is 16.0 Å². The highest BCUT2D eigenvalue weighted by molar-refractivity contribution is 5.93. The maximum absolute atomic E-state index is 13.6. The SMILES string of the molecule is CC(C)C[C@H](NC(=O)[C@@H](CC(C)C)NC(=O)OCc1ccccc1)C(=O)N[C@H](C(=O)O)[C@H](OC(=O)C(C)CO)c1ccccc1. The van der Waals surface area contributed by atoms with Gasteiger partial charge in [0.25, 0.3) is 0 Å². The number of aliphatic hydroxyl groups is 1. The van der Waals surface area contributed by atoms with Crippen LogP contribution in [0.25, 0.3) is 0 Å². The number of carboxylic acid groups (broad SMARTS) is 1. The molecule has 0 spiro atoms. The molecular formula is C33H45N3O9. The molecule has 0 radical (unpaired) electrons. The predicted molar refractivity (Wildman–Crippen MR) is 165 cm³/mol. The van der Waals surface area contributed by atoms with Gasteiger partial charge in [-0.2, -0.15) is 0 Å². The molecule has 0 aromatic heterocycles.